The lowest BCUT2D eigenvalue weighted by molar-refractivity contribution is -0.185. The first-order valence-corrected chi connectivity index (χ1v) is 4.04. The van der Waals surface area contributed by atoms with Crippen molar-refractivity contribution in [3.05, 3.63) is 0 Å². The third-order valence-electron chi connectivity index (χ3n) is 1.80. The van der Waals surface area contributed by atoms with Crippen molar-refractivity contribution in [3.63, 3.8) is 0 Å². The Balaban J connectivity index is 4.58. The molecule has 0 spiro atoms. The van der Waals surface area contributed by atoms with Gasteiger partial charge in [0.2, 0.25) is 0 Å². The van der Waals surface area contributed by atoms with Crippen LogP contribution in [0.1, 0.15) is 13.8 Å². The van der Waals surface area contributed by atoms with Crippen LogP contribution in [0.4, 0.5) is 13.2 Å². The van der Waals surface area contributed by atoms with Gasteiger partial charge in [0, 0.05) is 13.6 Å². The number of hydrogen-bond acceptors (Lipinski definition) is 2. The molecule has 15 heavy (non-hydrogen) atoms. The fourth-order valence-corrected chi connectivity index (χ4v) is 0.949. The average Bonchev–Trinajstić information content (AvgIpc) is 2.00. The second-order valence-corrected chi connectivity index (χ2v) is 3.85. The van der Waals surface area contributed by atoms with E-state index in [1.165, 1.54) is 13.8 Å². The molecule has 1 N–H and O–H groups in total. The molecule has 0 aliphatic carbocycles. The molecule has 0 atom stereocenters. The summed E-state index contributed by atoms with van der Waals surface area (Å²) >= 11 is 0. The van der Waals surface area contributed by atoms with E-state index in [0.717, 1.165) is 7.05 Å². The largest absolute Gasteiger partial charge is 0.481 e. The number of alkyl halides is 3. The molecular formula is C8H12F3NO3. The summed E-state index contributed by atoms with van der Waals surface area (Å²) < 4.78 is 35.8. The van der Waals surface area contributed by atoms with E-state index in [1.54, 1.807) is 0 Å². The van der Waals surface area contributed by atoms with Crippen molar-refractivity contribution >= 4 is 11.9 Å². The molecule has 0 rings (SSSR count). The number of carboxylic acids is 1. The van der Waals surface area contributed by atoms with Crippen molar-refractivity contribution in [3.8, 4) is 0 Å². The zero-order chi connectivity index (χ0) is 12.4. The Labute approximate surface area is 84.7 Å². The van der Waals surface area contributed by atoms with E-state index in [9.17, 15) is 22.8 Å². The van der Waals surface area contributed by atoms with Crippen LogP contribution in [0.15, 0.2) is 0 Å². The summed E-state index contributed by atoms with van der Waals surface area (Å²) in [7, 11) is 0.917. The summed E-state index contributed by atoms with van der Waals surface area (Å²) in [5.74, 6) is -3.30. The highest BCUT2D eigenvalue weighted by atomic mass is 19.4. The van der Waals surface area contributed by atoms with Gasteiger partial charge in [-0.2, -0.15) is 13.2 Å². The Kier molecular flexibility index (Phi) is 3.73. The number of carbonyl (C=O) groups is 2. The van der Waals surface area contributed by atoms with E-state index in [2.05, 4.69) is 0 Å². The van der Waals surface area contributed by atoms with E-state index in [4.69, 9.17) is 5.11 Å². The Morgan fingerprint density at radius 3 is 1.93 bits per heavy atom. The molecule has 0 aliphatic heterocycles. The van der Waals surface area contributed by atoms with E-state index in [1.807, 2.05) is 0 Å². The maximum Gasteiger partial charge on any atom is 0.471 e. The summed E-state index contributed by atoms with van der Waals surface area (Å²) in [6.45, 7) is 1.99. The SMILES string of the molecule is CN(CC(C)(C)C(=O)O)C(=O)C(F)(F)F. The van der Waals surface area contributed by atoms with Crippen molar-refractivity contribution in [1.29, 1.82) is 0 Å². The number of carboxylic acid groups (broad SMARTS) is 1. The van der Waals surface area contributed by atoms with Gasteiger partial charge >= 0.3 is 18.1 Å². The maximum absolute atomic E-state index is 11.9. The first kappa shape index (κ1) is 13.7. The number of nitrogens with zero attached hydrogens (tertiary/aromatic N) is 1. The van der Waals surface area contributed by atoms with Gasteiger partial charge in [-0.25, -0.2) is 0 Å². The molecule has 0 bridgehead atoms. The molecule has 7 heteroatoms. The number of halogens is 3. The standard InChI is InChI=1S/C8H12F3NO3/c1-7(2,6(14)15)4-12(3)5(13)8(9,10)11/h4H2,1-3H3,(H,14,15). The number of hydrogen-bond donors (Lipinski definition) is 1. The van der Waals surface area contributed by atoms with Gasteiger partial charge in [0.15, 0.2) is 0 Å². The molecular weight excluding hydrogens is 215 g/mol. The third-order valence-corrected chi connectivity index (χ3v) is 1.80. The molecule has 0 aliphatic rings. The molecule has 0 fully saturated rings. The van der Waals surface area contributed by atoms with Crippen LogP contribution in [0.3, 0.4) is 0 Å². The van der Waals surface area contributed by atoms with E-state index in [0.29, 0.717) is 4.90 Å². The minimum atomic E-state index is -4.97. The number of amides is 1. The van der Waals surface area contributed by atoms with Crippen LogP contribution in [0.25, 0.3) is 0 Å². The quantitative estimate of drug-likeness (QED) is 0.785. The van der Waals surface area contributed by atoms with Crippen LogP contribution >= 0.6 is 0 Å². The first-order chi connectivity index (χ1) is 6.48. The number of aliphatic carboxylic acids is 1. The molecule has 0 aromatic carbocycles. The highest BCUT2D eigenvalue weighted by Crippen LogP contribution is 2.22. The minimum absolute atomic E-state index is 0.355. The zero-order valence-electron chi connectivity index (χ0n) is 8.55. The first-order valence-electron chi connectivity index (χ1n) is 4.04. The van der Waals surface area contributed by atoms with Crippen LogP contribution in [0.2, 0.25) is 0 Å². The van der Waals surface area contributed by atoms with E-state index < -0.39 is 30.0 Å². The fourth-order valence-electron chi connectivity index (χ4n) is 0.949. The van der Waals surface area contributed by atoms with Crippen LogP contribution in [0, 0.1) is 5.41 Å². The predicted octanol–water partition coefficient (Wildman–Crippen LogP) is 1.12. The topological polar surface area (TPSA) is 57.6 Å². The molecule has 88 valence electrons. The lowest BCUT2D eigenvalue weighted by Crippen LogP contribution is -2.45. The Bertz CT molecular complexity index is 273. The molecule has 1 amide bonds. The molecule has 4 nitrogen and oxygen atoms in total. The Hall–Kier alpha value is -1.27. The van der Waals surface area contributed by atoms with Crippen molar-refractivity contribution < 1.29 is 27.9 Å². The van der Waals surface area contributed by atoms with Crippen LogP contribution in [0.5, 0.6) is 0 Å². The molecule has 0 saturated heterocycles. The van der Waals surface area contributed by atoms with Gasteiger partial charge in [0.1, 0.15) is 0 Å². The normalized spacial score (nSPS) is 12.4. The molecule has 0 heterocycles. The molecule has 0 aromatic heterocycles. The second kappa shape index (κ2) is 4.08. The van der Waals surface area contributed by atoms with Crippen LogP contribution < -0.4 is 0 Å². The molecule has 0 aromatic rings. The van der Waals surface area contributed by atoms with Crippen molar-refractivity contribution in [1.82, 2.24) is 4.90 Å². The van der Waals surface area contributed by atoms with Crippen LogP contribution in [-0.2, 0) is 9.59 Å². The van der Waals surface area contributed by atoms with Crippen molar-refractivity contribution in [2.45, 2.75) is 20.0 Å². The number of carbonyl (C=O) groups excluding carboxylic acids is 1. The van der Waals surface area contributed by atoms with Crippen LogP contribution in [-0.4, -0.2) is 41.7 Å². The minimum Gasteiger partial charge on any atom is -0.481 e. The summed E-state index contributed by atoms with van der Waals surface area (Å²) in [4.78, 5) is 21.6. The van der Waals surface area contributed by atoms with Gasteiger partial charge in [0.05, 0.1) is 5.41 Å². The Morgan fingerprint density at radius 2 is 1.67 bits per heavy atom. The predicted molar refractivity (Wildman–Crippen MR) is 45.1 cm³/mol. The van der Waals surface area contributed by atoms with E-state index in [-0.39, 0.29) is 0 Å². The fraction of sp³-hybridized carbons (Fsp3) is 0.750. The molecule has 0 radical (unpaired) electrons. The molecule has 0 saturated carbocycles. The Morgan fingerprint density at radius 1 is 1.27 bits per heavy atom. The summed E-state index contributed by atoms with van der Waals surface area (Å²) in [5, 5.41) is 8.66. The summed E-state index contributed by atoms with van der Waals surface area (Å²) in [6.07, 6.45) is -4.97. The highest BCUT2D eigenvalue weighted by molar-refractivity contribution is 5.82. The van der Waals surface area contributed by atoms with Gasteiger partial charge < -0.3 is 10.0 Å². The smallest absolute Gasteiger partial charge is 0.471 e. The molecule has 0 unspecified atom stereocenters. The van der Waals surface area contributed by atoms with Gasteiger partial charge in [-0.15, -0.1) is 0 Å². The van der Waals surface area contributed by atoms with E-state index >= 15 is 0 Å². The van der Waals surface area contributed by atoms with Crippen molar-refractivity contribution in [2.75, 3.05) is 13.6 Å². The number of rotatable bonds is 3. The average molecular weight is 227 g/mol. The maximum atomic E-state index is 11.9. The summed E-state index contributed by atoms with van der Waals surface area (Å²) in [6, 6.07) is 0. The third kappa shape index (κ3) is 3.77. The second-order valence-electron chi connectivity index (χ2n) is 3.85. The lowest BCUT2D eigenvalue weighted by atomic mass is 9.93. The monoisotopic (exact) mass is 227 g/mol. The van der Waals surface area contributed by atoms with Gasteiger partial charge in [-0.3, -0.25) is 9.59 Å². The lowest BCUT2D eigenvalue weighted by Gasteiger charge is -2.26. The van der Waals surface area contributed by atoms with Gasteiger partial charge in [-0.05, 0) is 13.8 Å². The summed E-state index contributed by atoms with van der Waals surface area (Å²) in [5.41, 5.74) is -1.41. The highest BCUT2D eigenvalue weighted by Gasteiger charge is 2.43. The van der Waals surface area contributed by atoms with Crippen molar-refractivity contribution in [2.24, 2.45) is 5.41 Å². The van der Waals surface area contributed by atoms with Gasteiger partial charge in [-0.1, -0.05) is 0 Å². The zero-order valence-corrected chi connectivity index (χ0v) is 8.55. The van der Waals surface area contributed by atoms with Gasteiger partial charge in [0.25, 0.3) is 0 Å².